The van der Waals surface area contributed by atoms with E-state index < -0.39 is 9.84 Å². The van der Waals surface area contributed by atoms with E-state index in [-0.39, 0.29) is 29.7 Å². The molecule has 2 N–H and O–H groups in total. The first-order chi connectivity index (χ1) is 9.44. The topological polar surface area (TPSA) is 70.6 Å². The molecular weight excluding hydrogens is 421 g/mol. The summed E-state index contributed by atoms with van der Waals surface area (Å²) < 4.78 is 22.1. The lowest BCUT2D eigenvalue weighted by Gasteiger charge is -2.17. The first-order valence-electron chi connectivity index (χ1n) is 7.20. The van der Waals surface area contributed by atoms with Crippen LogP contribution in [0.5, 0.6) is 0 Å². The SMILES string of the molecule is CCNC(=NCCCS(C)(=O)=O)NC1CCC(SC)C1.I. The van der Waals surface area contributed by atoms with Crippen molar-refractivity contribution in [3.63, 3.8) is 0 Å². The van der Waals surface area contributed by atoms with Crippen LogP contribution in [0.4, 0.5) is 0 Å². The molecule has 2 unspecified atom stereocenters. The van der Waals surface area contributed by atoms with E-state index in [1.165, 1.54) is 25.5 Å². The zero-order chi connectivity index (χ0) is 15.0. The second kappa shape index (κ2) is 10.9. The third-order valence-electron chi connectivity index (χ3n) is 3.35. The number of thioether (sulfide) groups is 1. The van der Waals surface area contributed by atoms with Gasteiger partial charge in [0.05, 0.1) is 5.75 Å². The van der Waals surface area contributed by atoms with E-state index in [1.54, 1.807) is 0 Å². The number of rotatable bonds is 7. The first-order valence-corrected chi connectivity index (χ1v) is 10.5. The van der Waals surface area contributed by atoms with Crippen molar-refractivity contribution in [3.8, 4) is 0 Å². The van der Waals surface area contributed by atoms with Crippen molar-refractivity contribution < 1.29 is 8.42 Å². The Morgan fingerprint density at radius 2 is 2.10 bits per heavy atom. The van der Waals surface area contributed by atoms with Gasteiger partial charge in [-0.3, -0.25) is 4.99 Å². The van der Waals surface area contributed by atoms with Crippen LogP contribution in [0, 0.1) is 0 Å². The highest BCUT2D eigenvalue weighted by atomic mass is 127. The van der Waals surface area contributed by atoms with Gasteiger partial charge in [-0.25, -0.2) is 8.42 Å². The summed E-state index contributed by atoms with van der Waals surface area (Å²) in [5.41, 5.74) is 0. The van der Waals surface area contributed by atoms with Gasteiger partial charge in [-0.15, -0.1) is 24.0 Å². The lowest BCUT2D eigenvalue weighted by Crippen LogP contribution is -2.42. The molecule has 5 nitrogen and oxygen atoms in total. The summed E-state index contributed by atoms with van der Waals surface area (Å²) in [5, 5.41) is 7.43. The van der Waals surface area contributed by atoms with Gasteiger partial charge >= 0.3 is 0 Å². The fourth-order valence-electron chi connectivity index (χ4n) is 2.32. The number of nitrogens with one attached hydrogen (secondary N) is 2. The maximum Gasteiger partial charge on any atom is 0.191 e. The minimum absolute atomic E-state index is 0. The molecule has 0 heterocycles. The van der Waals surface area contributed by atoms with Crippen LogP contribution in [-0.2, 0) is 9.84 Å². The molecule has 2 atom stereocenters. The summed E-state index contributed by atoms with van der Waals surface area (Å²) in [4.78, 5) is 4.45. The van der Waals surface area contributed by atoms with Crippen molar-refractivity contribution in [1.82, 2.24) is 10.6 Å². The monoisotopic (exact) mass is 449 g/mol. The number of guanidine groups is 1. The predicted molar refractivity (Wildman–Crippen MR) is 104 cm³/mol. The second-order valence-corrected chi connectivity index (χ2v) is 8.65. The van der Waals surface area contributed by atoms with E-state index in [0.717, 1.165) is 17.8 Å². The average molecular weight is 449 g/mol. The Labute approximate surface area is 150 Å². The van der Waals surface area contributed by atoms with Gasteiger partial charge in [-0.1, -0.05) is 0 Å². The van der Waals surface area contributed by atoms with Crippen molar-refractivity contribution >= 4 is 51.5 Å². The van der Waals surface area contributed by atoms with Crippen LogP contribution >= 0.6 is 35.7 Å². The summed E-state index contributed by atoms with van der Waals surface area (Å²) in [6.45, 7) is 3.39. The van der Waals surface area contributed by atoms with E-state index in [1.807, 2.05) is 18.7 Å². The van der Waals surface area contributed by atoms with Crippen molar-refractivity contribution in [2.24, 2.45) is 4.99 Å². The zero-order valence-electron chi connectivity index (χ0n) is 13.1. The molecule has 0 aromatic carbocycles. The Hall–Kier alpha value is 0.300. The lowest BCUT2D eigenvalue weighted by molar-refractivity contribution is 0.598. The number of sulfone groups is 1. The molecule has 8 heteroatoms. The van der Waals surface area contributed by atoms with Crippen LogP contribution in [0.25, 0.3) is 0 Å². The summed E-state index contributed by atoms with van der Waals surface area (Å²) in [7, 11) is -2.88. The minimum atomic E-state index is -2.88. The molecule has 0 saturated heterocycles. The summed E-state index contributed by atoms with van der Waals surface area (Å²) in [6.07, 6.45) is 7.62. The predicted octanol–water partition coefficient (Wildman–Crippen LogP) is 1.88. The minimum Gasteiger partial charge on any atom is -0.357 e. The fourth-order valence-corrected chi connectivity index (χ4v) is 3.77. The van der Waals surface area contributed by atoms with Crippen molar-refractivity contribution in [1.29, 1.82) is 0 Å². The molecule has 1 aliphatic rings. The van der Waals surface area contributed by atoms with Gasteiger partial charge in [-0.05, 0) is 38.9 Å². The van der Waals surface area contributed by atoms with E-state index >= 15 is 0 Å². The number of hydrogen-bond acceptors (Lipinski definition) is 4. The van der Waals surface area contributed by atoms with Crippen LogP contribution in [0.3, 0.4) is 0 Å². The van der Waals surface area contributed by atoms with Crippen LogP contribution in [0.2, 0.25) is 0 Å². The Morgan fingerprint density at radius 1 is 1.38 bits per heavy atom. The molecule has 0 aromatic rings. The van der Waals surface area contributed by atoms with E-state index in [9.17, 15) is 8.42 Å². The highest BCUT2D eigenvalue weighted by molar-refractivity contribution is 14.0. The molecule has 0 radical (unpaired) electrons. The van der Waals surface area contributed by atoms with Crippen LogP contribution in [0.1, 0.15) is 32.6 Å². The second-order valence-electron chi connectivity index (χ2n) is 5.26. The van der Waals surface area contributed by atoms with Crippen molar-refractivity contribution in [3.05, 3.63) is 0 Å². The Bertz CT molecular complexity index is 416. The maximum absolute atomic E-state index is 11.1. The Kier molecular flexibility index (Phi) is 11.1. The molecule has 1 rings (SSSR count). The smallest absolute Gasteiger partial charge is 0.191 e. The van der Waals surface area contributed by atoms with Gasteiger partial charge in [0.25, 0.3) is 0 Å². The van der Waals surface area contributed by atoms with E-state index in [4.69, 9.17) is 0 Å². The van der Waals surface area contributed by atoms with E-state index in [0.29, 0.717) is 19.0 Å². The number of nitrogens with zero attached hydrogens (tertiary/aromatic N) is 1. The maximum atomic E-state index is 11.1. The molecule has 126 valence electrons. The van der Waals surface area contributed by atoms with Crippen molar-refractivity contribution in [2.75, 3.05) is 31.4 Å². The van der Waals surface area contributed by atoms with Crippen LogP contribution in [0.15, 0.2) is 4.99 Å². The standard InChI is InChI=1S/C13H27N3O2S2.HI/c1-4-14-13(15-8-5-9-20(3,17)18)16-11-6-7-12(10-11)19-2;/h11-12H,4-10H2,1-3H3,(H2,14,15,16);1H. The molecule has 1 fully saturated rings. The van der Waals surface area contributed by atoms with E-state index in [2.05, 4.69) is 21.9 Å². The largest absolute Gasteiger partial charge is 0.357 e. The highest BCUT2D eigenvalue weighted by Gasteiger charge is 2.24. The number of halogens is 1. The summed E-state index contributed by atoms with van der Waals surface area (Å²) >= 11 is 1.93. The molecule has 1 saturated carbocycles. The highest BCUT2D eigenvalue weighted by Crippen LogP contribution is 2.27. The van der Waals surface area contributed by atoms with Gasteiger partial charge < -0.3 is 10.6 Å². The average Bonchev–Trinajstić information content (AvgIpc) is 2.81. The molecular formula is C13H28IN3O2S2. The number of aliphatic imine (C=N–C) groups is 1. The normalized spacial score (nSPS) is 22.7. The molecule has 0 bridgehead atoms. The van der Waals surface area contributed by atoms with Gasteiger partial charge in [0, 0.05) is 30.6 Å². The van der Waals surface area contributed by atoms with Gasteiger partial charge in [0.15, 0.2) is 5.96 Å². The van der Waals surface area contributed by atoms with Gasteiger partial charge in [0.2, 0.25) is 0 Å². The number of hydrogen-bond donors (Lipinski definition) is 2. The van der Waals surface area contributed by atoms with Crippen molar-refractivity contribution in [2.45, 2.75) is 43.9 Å². The molecule has 0 amide bonds. The Balaban J connectivity index is 0.00000400. The van der Waals surface area contributed by atoms with Gasteiger partial charge in [0.1, 0.15) is 9.84 Å². The van der Waals surface area contributed by atoms with Crippen LogP contribution < -0.4 is 10.6 Å². The third kappa shape index (κ3) is 9.83. The lowest BCUT2D eigenvalue weighted by atomic mass is 10.2. The summed E-state index contributed by atoms with van der Waals surface area (Å²) in [5.74, 6) is 1.01. The third-order valence-corrected chi connectivity index (χ3v) is 5.47. The molecule has 1 aliphatic carbocycles. The van der Waals surface area contributed by atoms with Gasteiger partial charge in [-0.2, -0.15) is 11.8 Å². The zero-order valence-corrected chi connectivity index (χ0v) is 17.1. The van der Waals surface area contributed by atoms with Crippen LogP contribution in [-0.4, -0.2) is 57.0 Å². The fraction of sp³-hybridized carbons (Fsp3) is 0.923. The molecule has 21 heavy (non-hydrogen) atoms. The molecule has 0 spiro atoms. The quantitative estimate of drug-likeness (QED) is 0.269. The summed E-state index contributed by atoms with van der Waals surface area (Å²) in [6, 6.07) is 0.486. The molecule has 0 aromatic heterocycles. The molecule has 0 aliphatic heterocycles. The first kappa shape index (κ1) is 21.3. The Morgan fingerprint density at radius 3 is 2.62 bits per heavy atom.